The molecule has 1 heterocycles. The van der Waals surface area contributed by atoms with Gasteiger partial charge in [-0.2, -0.15) is 5.26 Å². The maximum atomic E-state index is 10.0. The SMILES string of the molecule is N#Cc1cccc(-c2ccc(O[C@H]3O[C@H](CO)[C@@H](O)[C@H](O)[C@@H]3O)c(Cl)c2)c1. The van der Waals surface area contributed by atoms with E-state index in [2.05, 4.69) is 6.07 Å². The summed E-state index contributed by atoms with van der Waals surface area (Å²) in [5.41, 5.74) is 2.08. The summed E-state index contributed by atoms with van der Waals surface area (Å²) in [6.45, 7) is -0.549. The van der Waals surface area contributed by atoms with Gasteiger partial charge in [0.05, 0.1) is 23.3 Å². The van der Waals surface area contributed by atoms with E-state index in [1.165, 1.54) is 0 Å². The summed E-state index contributed by atoms with van der Waals surface area (Å²) in [7, 11) is 0. The molecule has 2 aromatic rings. The molecular formula is C19H18ClNO6. The minimum Gasteiger partial charge on any atom is -0.460 e. The Bertz CT molecular complexity index is 852. The van der Waals surface area contributed by atoms with Gasteiger partial charge in [0.15, 0.2) is 0 Å². The topological polar surface area (TPSA) is 123 Å². The first kappa shape index (κ1) is 19.6. The third-order valence-corrected chi connectivity index (χ3v) is 4.64. The van der Waals surface area contributed by atoms with Crippen LogP contribution in [-0.2, 0) is 4.74 Å². The van der Waals surface area contributed by atoms with E-state index in [-0.39, 0.29) is 10.8 Å². The molecule has 0 radical (unpaired) electrons. The maximum absolute atomic E-state index is 10.0. The average molecular weight is 392 g/mol. The van der Waals surface area contributed by atoms with Gasteiger partial charge in [-0.25, -0.2) is 0 Å². The summed E-state index contributed by atoms with van der Waals surface area (Å²) in [5.74, 6) is 0.196. The van der Waals surface area contributed by atoms with Crippen molar-refractivity contribution in [3.63, 3.8) is 0 Å². The number of aliphatic hydroxyl groups is 4. The van der Waals surface area contributed by atoms with Crippen LogP contribution in [0.25, 0.3) is 11.1 Å². The second kappa shape index (κ2) is 8.23. The van der Waals surface area contributed by atoms with Gasteiger partial charge in [-0.3, -0.25) is 0 Å². The highest BCUT2D eigenvalue weighted by Crippen LogP contribution is 2.33. The minimum atomic E-state index is -1.53. The number of hydrogen-bond acceptors (Lipinski definition) is 7. The maximum Gasteiger partial charge on any atom is 0.229 e. The first-order valence-corrected chi connectivity index (χ1v) is 8.59. The highest BCUT2D eigenvalue weighted by atomic mass is 35.5. The Hall–Kier alpha value is -2.18. The molecule has 3 rings (SSSR count). The second-order valence-corrected chi connectivity index (χ2v) is 6.56. The van der Waals surface area contributed by atoms with E-state index in [0.29, 0.717) is 5.56 Å². The van der Waals surface area contributed by atoms with Crippen molar-refractivity contribution in [3.05, 3.63) is 53.1 Å². The largest absolute Gasteiger partial charge is 0.460 e. The predicted octanol–water partition coefficient (Wildman–Crippen LogP) is 1.06. The van der Waals surface area contributed by atoms with E-state index in [0.717, 1.165) is 11.1 Å². The second-order valence-electron chi connectivity index (χ2n) is 6.15. The van der Waals surface area contributed by atoms with Crippen LogP contribution in [0.1, 0.15) is 5.56 Å². The molecule has 1 saturated heterocycles. The molecule has 1 fully saturated rings. The lowest BCUT2D eigenvalue weighted by Gasteiger charge is -2.39. The van der Waals surface area contributed by atoms with Gasteiger partial charge in [0, 0.05) is 0 Å². The summed E-state index contributed by atoms with van der Waals surface area (Å²) in [6.07, 6.45) is -6.90. The van der Waals surface area contributed by atoms with Gasteiger partial charge in [-0.05, 0) is 35.4 Å². The Morgan fingerprint density at radius 3 is 2.44 bits per heavy atom. The molecule has 0 amide bonds. The monoisotopic (exact) mass is 391 g/mol. The van der Waals surface area contributed by atoms with Crippen LogP contribution in [0.4, 0.5) is 0 Å². The van der Waals surface area contributed by atoms with E-state index in [1.54, 1.807) is 36.4 Å². The molecule has 0 saturated carbocycles. The Morgan fingerprint density at radius 2 is 1.78 bits per heavy atom. The lowest BCUT2D eigenvalue weighted by Crippen LogP contribution is -2.60. The quantitative estimate of drug-likeness (QED) is 0.614. The number of nitrogens with zero attached hydrogens (tertiary/aromatic N) is 1. The van der Waals surface area contributed by atoms with Crippen LogP contribution in [0.3, 0.4) is 0 Å². The fraction of sp³-hybridized carbons (Fsp3) is 0.316. The Labute approximate surface area is 160 Å². The van der Waals surface area contributed by atoms with Crippen LogP contribution in [0.2, 0.25) is 5.02 Å². The molecule has 0 unspecified atom stereocenters. The summed E-state index contributed by atoms with van der Waals surface area (Å²) in [6, 6.07) is 14.0. The summed E-state index contributed by atoms with van der Waals surface area (Å²) in [4.78, 5) is 0. The zero-order chi connectivity index (χ0) is 19.6. The van der Waals surface area contributed by atoms with E-state index in [4.69, 9.17) is 26.3 Å². The van der Waals surface area contributed by atoms with Crippen LogP contribution >= 0.6 is 11.6 Å². The van der Waals surface area contributed by atoms with Gasteiger partial charge in [-0.15, -0.1) is 0 Å². The lowest BCUT2D eigenvalue weighted by atomic mass is 9.99. The van der Waals surface area contributed by atoms with Gasteiger partial charge < -0.3 is 29.9 Å². The molecule has 0 bridgehead atoms. The number of hydrogen-bond donors (Lipinski definition) is 4. The van der Waals surface area contributed by atoms with E-state index in [1.807, 2.05) is 6.07 Å². The van der Waals surface area contributed by atoms with Crippen LogP contribution in [-0.4, -0.2) is 57.7 Å². The van der Waals surface area contributed by atoms with Crippen molar-refractivity contribution in [2.75, 3.05) is 6.61 Å². The van der Waals surface area contributed by atoms with E-state index in [9.17, 15) is 20.4 Å². The van der Waals surface area contributed by atoms with Crippen molar-refractivity contribution in [2.24, 2.45) is 0 Å². The summed E-state index contributed by atoms with van der Waals surface area (Å²) < 4.78 is 10.9. The fourth-order valence-corrected chi connectivity index (χ4v) is 3.06. The fourth-order valence-electron chi connectivity index (χ4n) is 2.83. The van der Waals surface area contributed by atoms with Crippen LogP contribution in [0, 0.1) is 11.3 Å². The van der Waals surface area contributed by atoms with Gasteiger partial charge in [0.1, 0.15) is 30.2 Å². The molecule has 5 atom stereocenters. The van der Waals surface area contributed by atoms with Crippen molar-refractivity contribution in [3.8, 4) is 22.9 Å². The predicted molar refractivity (Wildman–Crippen MR) is 96.0 cm³/mol. The number of halogens is 1. The lowest BCUT2D eigenvalue weighted by molar-refractivity contribution is -0.277. The zero-order valence-corrected chi connectivity index (χ0v) is 14.8. The molecule has 142 valence electrons. The normalized spacial score (nSPS) is 27.8. The molecule has 0 spiro atoms. The van der Waals surface area contributed by atoms with Gasteiger partial charge in [0.25, 0.3) is 0 Å². The highest BCUT2D eigenvalue weighted by Gasteiger charge is 2.44. The van der Waals surface area contributed by atoms with Crippen LogP contribution in [0.15, 0.2) is 42.5 Å². The van der Waals surface area contributed by atoms with Crippen molar-refractivity contribution in [1.82, 2.24) is 0 Å². The third kappa shape index (κ3) is 4.06. The van der Waals surface area contributed by atoms with Crippen molar-refractivity contribution < 1.29 is 29.9 Å². The summed E-state index contributed by atoms with van der Waals surface area (Å²) >= 11 is 6.27. The first-order chi connectivity index (χ1) is 12.9. The molecule has 7 nitrogen and oxygen atoms in total. The smallest absolute Gasteiger partial charge is 0.229 e. The van der Waals surface area contributed by atoms with E-state index < -0.39 is 37.3 Å². The molecule has 0 aliphatic carbocycles. The van der Waals surface area contributed by atoms with Gasteiger partial charge in [0.2, 0.25) is 6.29 Å². The Morgan fingerprint density at radius 1 is 1.04 bits per heavy atom. The average Bonchev–Trinajstić information content (AvgIpc) is 2.69. The summed E-state index contributed by atoms with van der Waals surface area (Å²) in [5, 5.41) is 48.1. The highest BCUT2D eigenvalue weighted by molar-refractivity contribution is 6.32. The number of rotatable bonds is 4. The van der Waals surface area contributed by atoms with Crippen molar-refractivity contribution in [2.45, 2.75) is 30.7 Å². The standard InChI is InChI=1S/C19H18ClNO6/c20-13-7-12(11-3-1-2-10(6-11)8-21)4-5-14(13)26-19-18(25)17(24)16(23)15(9-22)27-19/h1-7,15-19,22-25H,9H2/t15-,16-,17+,18+,19+/m1/s1. The Balaban J connectivity index is 1.81. The molecule has 8 heteroatoms. The van der Waals surface area contributed by atoms with Gasteiger partial charge >= 0.3 is 0 Å². The zero-order valence-electron chi connectivity index (χ0n) is 14.1. The van der Waals surface area contributed by atoms with E-state index >= 15 is 0 Å². The minimum absolute atomic E-state index is 0.196. The van der Waals surface area contributed by atoms with Crippen LogP contribution in [0.5, 0.6) is 5.75 Å². The molecular weight excluding hydrogens is 374 g/mol. The molecule has 1 aliphatic rings. The number of aliphatic hydroxyl groups excluding tert-OH is 4. The van der Waals surface area contributed by atoms with Crippen LogP contribution < -0.4 is 4.74 Å². The number of ether oxygens (including phenoxy) is 2. The van der Waals surface area contributed by atoms with Crippen molar-refractivity contribution >= 4 is 11.6 Å². The third-order valence-electron chi connectivity index (χ3n) is 4.35. The molecule has 27 heavy (non-hydrogen) atoms. The Kier molecular flexibility index (Phi) is 5.97. The first-order valence-electron chi connectivity index (χ1n) is 8.22. The molecule has 2 aromatic carbocycles. The molecule has 0 aromatic heterocycles. The molecule has 1 aliphatic heterocycles. The number of benzene rings is 2. The van der Waals surface area contributed by atoms with Gasteiger partial charge in [-0.1, -0.05) is 29.8 Å². The number of nitriles is 1. The molecule has 4 N–H and O–H groups in total. The van der Waals surface area contributed by atoms with Crippen molar-refractivity contribution in [1.29, 1.82) is 5.26 Å².